The van der Waals surface area contributed by atoms with Crippen molar-refractivity contribution in [1.29, 1.82) is 0 Å². The molecule has 0 aliphatic rings. The topological polar surface area (TPSA) is 94.5 Å². The third-order valence-electron chi connectivity index (χ3n) is 1.30. The Morgan fingerprint density at radius 1 is 1.46 bits per heavy atom. The molecule has 0 aromatic carbocycles. The maximum absolute atomic E-state index is 10.8. The number of carbonyl (C=O) groups is 1. The number of carbonyl (C=O) groups excluding carboxylic acids is 1. The van der Waals surface area contributed by atoms with Crippen LogP contribution in [-0.2, 0) is 51.0 Å². The van der Waals surface area contributed by atoms with Crippen LogP contribution in [0.5, 0.6) is 0 Å². The molecule has 8 heteroatoms. The molecule has 76 valence electrons. The average Bonchev–Trinajstić information content (AvgIpc) is 2.05. The van der Waals surface area contributed by atoms with E-state index < -0.39 is 11.6 Å². The first kappa shape index (κ1) is 15.6. The first-order valence-electron chi connectivity index (χ1n) is 3.13. The summed E-state index contributed by atoms with van der Waals surface area (Å²) in [6, 6.07) is 0. The van der Waals surface area contributed by atoms with Crippen molar-refractivity contribution in [2.75, 3.05) is 0 Å². The molecule has 0 rings (SSSR count). The molecule has 0 radical (unpaired) electrons. The van der Waals surface area contributed by atoms with Gasteiger partial charge in [0.2, 0.25) is 0 Å². The minimum atomic E-state index is -1.65. The van der Waals surface area contributed by atoms with Gasteiger partial charge in [-0.05, 0) is 18.4 Å². The van der Waals surface area contributed by atoms with E-state index in [0.29, 0.717) is 0 Å². The molecule has 0 fully saturated rings. The zero-order valence-electron chi connectivity index (χ0n) is 7.14. The van der Waals surface area contributed by atoms with Gasteiger partial charge in [0.15, 0.2) is 5.60 Å². The number of rotatable bonds is 5. The number of hydrogen-bond donors (Lipinski definition) is 2. The monoisotopic (exact) mass is 272 g/mol. The van der Waals surface area contributed by atoms with Gasteiger partial charge in [0.05, 0.1) is 0 Å². The third kappa shape index (κ3) is 6.25. The summed E-state index contributed by atoms with van der Waals surface area (Å²) < 4.78 is 0. The van der Waals surface area contributed by atoms with Crippen LogP contribution in [0.15, 0.2) is 0 Å². The van der Waals surface area contributed by atoms with E-state index in [1.165, 1.54) is 6.92 Å². The van der Waals surface area contributed by atoms with Crippen LogP contribution in [0.3, 0.4) is 0 Å². The van der Waals surface area contributed by atoms with Crippen LogP contribution in [0.2, 0.25) is 0 Å². The number of aliphatic hydroxyl groups is 1. The molecule has 0 aromatic rings. The Hall–Kier alpha value is 0.153. The summed E-state index contributed by atoms with van der Waals surface area (Å²) in [6.45, 7) is 2.81. The van der Waals surface area contributed by atoms with E-state index >= 15 is 0 Å². The van der Waals surface area contributed by atoms with Crippen LogP contribution in [0.25, 0.3) is 0 Å². The Balaban J connectivity index is 0. The second-order valence-corrected chi connectivity index (χ2v) is 2.21. The van der Waals surface area contributed by atoms with Gasteiger partial charge < -0.3 is 5.11 Å². The zero-order valence-corrected chi connectivity index (χ0v) is 9.60. The van der Waals surface area contributed by atoms with Gasteiger partial charge in [0.25, 0.3) is 0 Å². The molecule has 0 aromatic heterocycles. The van der Waals surface area contributed by atoms with Crippen molar-refractivity contribution in [3.8, 4) is 0 Å². The summed E-state index contributed by atoms with van der Waals surface area (Å²) in [7, 11) is 0. The molecule has 0 saturated heterocycles. The van der Waals surface area contributed by atoms with Gasteiger partial charge in [-0.1, -0.05) is 6.92 Å². The van der Waals surface area contributed by atoms with E-state index in [1.54, 1.807) is 6.92 Å². The summed E-state index contributed by atoms with van der Waals surface area (Å²) in [5, 5.41) is 26.6. The van der Waals surface area contributed by atoms with E-state index in [9.17, 15) is 9.90 Å². The van der Waals surface area contributed by atoms with Crippen LogP contribution < -0.4 is 0 Å². The molecule has 0 saturated carbocycles. The van der Waals surface area contributed by atoms with Gasteiger partial charge in [0.1, 0.15) is 0 Å². The second kappa shape index (κ2) is 7.55. The van der Waals surface area contributed by atoms with E-state index in [4.69, 9.17) is 5.26 Å². The molecule has 7 nitrogen and oxygen atoms in total. The van der Waals surface area contributed by atoms with Gasteiger partial charge in [-0.25, -0.2) is 10.1 Å². The van der Waals surface area contributed by atoms with E-state index in [-0.39, 0.29) is 32.6 Å². The fourth-order valence-corrected chi connectivity index (χ4v) is 0.291. The molecule has 0 spiro atoms. The molecular formula is C5H10O7Zr. The van der Waals surface area contributed by atoms with Crippen molar-refractivity contribution in [1.82, 2.24) is 0 Å². The summed E-state index contributed by atoms with van der Waals surface area (Å²) in [6.07, 6.45) is 0.148. The maximum Gasteiger partial charge on any atom is 0.376 e. The molecule has 0 aliphatic heterocycles. The minimum Gasteiger partial charge on any atom is -0.378 e. The van der Waals surface area contributed by atoms with Crippen molar-refractivity contribution < 1.29 is 61.4 Å². The van der Waals surface area contributed by atoms with Crippen LogP contribution >= 0.6 is 0 Å². The Kier molecular flexibility index (Phi) is 9.07. The molecule has 0 amide bonds. The van der Waals surface area contributed by atoms with Crippen molar-refractivity contribution in [3.05, 3.63) is 0 Å². The van der Waals surface area contributed by atoms with Gasteiger partial charge in [-0.3, -0.25) is 4.89 Å². The van der Waals surface area contributed by atoms with Crippen LogP contribution in [0.4, 0.5) is 0 Å². The number of hydrogen-bond acceptors (Lipinski definition) is 7. The minimum absolute atomic E-state index is 0. The van der Waals surface area contributed by atoms with Crippen LogP contribution in [-0.4, -0.2) is 21.9 Å². The van der Waals surface area contributed by atoms with Gasteiger partial charge in [-0.2, -0.15) is 0 Å². The molecule has 1 unspecified atom stereocenters. The van der Waals surface area contributed by atoms with E-state index in [2.05, 4.69) is 20.0 Å². The molecule has 0 heterocycles. The predicted octanol–water partition coefficient (Wildman–Crippen LogP) is -0.0441. The van der Waals surface area contributed by atoms with Gasteiger partial charge >= 0.3 is 5.97 Å². The van der Waals surface area contributed by atoms with Gasteiger partial charge in [-0.15, -0.1) is 0 Å². The molecule has 2 N–H and O–H groups in total. The standard InChI is InChI=1S/C5H10O7.Zr/c1-3-5(2,7)4(6)9-11-12-10-8;/h7-8H,3H2,1-2H3;. The maximum atomic E-state index is 10.8. The van der Waals surface area contributed by atoms with E-state index in [0.717, 1.165) is 0 Å². The summed E-state index contributed by atoms with van der Waals surface area (Å²) >= 11 is 0. The summed E-state index contributed by atoms with van der Waals surface area (Å²) in [5.74, 6) is -1.05. The SMILES string of the molecule is CCC(C)(O)C(=O)OOOOO.[Zr]. The quantitative estimate of drug-likeness (QED) is 0.412. The second-order valence-electron chi connectivity index (χ2n) is 2.21. The molecule has 0 aliphatic carbocycles. The Morgan fingerprint density at radius 3 is 2.38 bits per heavy atom. The van der Waals surface area contributed by atoms with Crippen LogP contribution in [0, 0.1) is 0 Å². The predicted molar refractivity (Wildman–Crippen MR) is 32.9 cm³/mol. The fourth-order valence-electron chi connectivity index (χ4n) is 0.291. The third-order valence-corrected chi connectivity index (χ3v) is 1.30. The van der Waals surface area contributed by atoms with Crippen LogP contribution in [0.1, 0.15) is 20.3 Å². The summed E-state index contributed by atoms with van der Waals surface area (Å²) in [4.78, 5) is 14.6. The molecule has 13 heavy (non-hydrogen) atoms. The molecule has 1 atom stereocenters. The van der Waals surface area contributed by atoms with E-state index in [1.807, 2.05) is 0 Å². The molecule has 0 bridgehead atoms. The summed E-state index contributed by atoms with van der Waals surface area (Å²) in [5.41, 5.74) is -1.65. The zero-order chi connectivity index (χ0) is 9.61. The first-order chi connectivity index (χ1) is 5.54. The van der Waals surface area contributed by atoms with Crippen molar-refractivity contribution in [2.24, 2.45) is 0 Å². The van der Waals surface area contributed by atoms with Crippen molar-refractivity contribution in [2.45, 2.75) is 25.9 Å². The van der Waals surface area contributed by atoms with Crippen molar-refractivity contribution in [3.63, 3.8) is 0 Å². The fraction of sp³-hybridized carbons (Fsp3) is 0.800. The van der Waals surface area contributed by atoms with Gasteiger partial charge in [0, 0.05) is 36.3 Å². The smallest absolute Gasteiger partial charge is 0.376 e. The van der Waals surface area contributed by atoms with Crippen molar-refractivity contribution >= 4 is 5.97 Å². The molecular weight excluding hydrogens is 263 g/mol. The normalized spacial score (nSPS) is 14.2. The Morgan fingerprint density at radius 2 is 2.00 bits per heavy atom. The average molecular weight is 273 g/mol. The first-order valence-corrected chi connectivity index (χ1v) is 3.13. The largest absolute Gasteiger partial charge is 0.378 e. The Labute approximate surface area is 93.4 Å². The Bertz CT molecular complexity index is 148.